The number of ether oxygens (including phenoxy) is 1. The molecule has 14 heavy (non-hydrogen) atoms. The summed E-state index contributed by atoms with van der Waals surface area (Å²) in [6.07, 6.45) is 0.899. The molecule has 0 aliphatic carbocycles. The number of methoxy groups -OCH3 is 1. The smallest absolute Gasteiger partial charge is 0.308 e. The zero-order valence-electron chi connectivity index (χ0n) is 8.10. The van der Waals surface area contributed by atoms with Crippen LogP contribution in [0.2, 0.25) is 0 Å². The van der Waals surface area contributed by atoms with E-state index in [1.54, 1.807) is 11.3 Å². The topological polar surface area (TPSA) is 46.5 Å². The summed E-state index contributed by atoms with van der Waals surface area (Å²) in [6, 6.07) is 2.02. The van der Waals surface area contributed by atoms with E-state index in [9.17, 15) is 9.90 Å². The molecular weight excluding hydrogens is 200 g/mol. The second-order valence-corrected chi connectivity index (χ2v) is 3.88. The van der Waals surface area contributed by atoms with Gasteiger partial charge in [0.1, 0.15) is 0 Å². The first-order valence-corrected chi connectivity index (χ1v) is 5.42. The molecule has 4 heteroatoms. The van der Waals surface area contributed by atoms with Gasteiger partial charge in [0, 0.05) is 0 Å². The first-order chi connectivity index (χ1) is 6.72. The molecule has 1 aromatic rings. The lowest BCUT2D eigenvalue weighted by Gasteiger charge is -2.07. The van der Waals surface area contributed by atoms with Crippen LogP contribution in [-0.2, 0) is 16.0 Å². The summed E-state index contributed by atoms with van der Waals surface area (Å²) >= 11 is 1.64. The summed E-state index contributed by atoms with van der Waals surface area (Å²) in [7, 11) is 1.33. The fourth-order valence-corrected chi connectivity index (χ4v) is 1.85. The van der Waals surface area contributed by atoms with Crippen molar-refractivity contribution in [3.8, 4) is 0 Å². The van der Waals surface area contributed by atoms with Crippen LogP contribution >= 0.6 is 11.3 Å². The van der Waals surface area contributed by atoms with Crippen molar-refractivity contribution in [3.05, 3.63) is 22.4 Å². The zero-order valence-corrected chi connectivity index (χ0v) is 8.92. The normalized spacial score (nSPS) is 12.4. The molecule has 0 bridgehead atoms. The van der Waals surface area contributed by atoms with Gasteiger partial charge in [0.25, 0.3) is 0 Å². The summed E-state index contributed by atoms with van der Waals surface area (Å²) < 4.78 is 4.46. The Kier molecular flexibility index (Phi) is 4.62. The number of hydrogen-bond donors (Lipinski definition) is 1. The van der Waals surface area contributed by atoms with Gasteiger partial charge in [0.2, 0.25) is 0 Å². The van der Waals surface area contributed by atoms with Gasteiger partial charge in [0.05, 0.1) is 19.6 Å². The van der Waals surface area contributed by atoms with Crippen molar-refractivity contribution in [2.75, 3.05) is 7.11 Å². The van der Waals surface area contributed by atoms with Crippen LogP contribution in [-0.4, -0.2) is 24.3 Å². The van der Waals surface area contributed by atoms with E-state index in [1.165, 1.54) is 12.7 Å². The summed E-state index contributed by atoms with van der Waals surface area (Å²) in [5, 5.41) is 13.5. The van der Waals surface area contributed by atoms with Crippen molar-refractivity contribution in [3.63, 3.8) is 0 Å². The van der Waals surface area contributed by atoms with Crippen molar-refractivity contribution < 1.29 is 14.6 Å². The Morgan fingerprint density at radius 2 is 2.50 bits per heavy atom. The Morgan fingerprint density at radius 1 is 1.71 bits per heavy atom. The number of carbonyl (C=O) groups is 1. The highest BCUT2D eigenvalue weighted by molar-refractivity contribution is 7.07. The number of esters is 1. The molecule has 1 atom stereocenters. The van der Waals surface area contributed by atoms with E-state index in [0.717, 1.165) is 6.42 Å². The largest absolute Gasteiger partial charge is 0.469 e. The van der Waals surface area contributed by atoms with Crippen LogP contribution in [0.4, 0.5) is 0 Å². The molecule has 0 aliphatic rings. The minimum Gasteiger partial charge on any atom is -0.469 e. The van der Waals surface area contributed by atoms with E-state index >= 15 is 0 Å². The molecule has 1 unspecified atom stereocenters. The van der Waals surface area contributed by atoms with Gasteiger partial charge in [-0.25, -0.2) is 0 Å². The molecule has 0 aliphatic heterocycles. The highest BCUT2D eigenvalue weighted by Gasteiger charge is 2.10. The van der Waals surface area contributed by atoms with Crippen LogP contribution < -0.4 is 0 Å². The van der Waals surface area contributed by atoms with Gasteiger partial charge in [-0.2, -0.15) is 11.3 Å². The number of carbonyl (C=O) groups excluding carboxylic acids is 1. The quantitative estimate of drug-likeness (QED) is 0.757. The Morgan fingerprint density at radius 3 is 3.07 bits per heavy atom. The standard InChI is InChI=1S/C10H14O3S/c1-13-10(12)6-9(11)3-2-8-4-5-14-7-8/h4-5,7,9,11H,2-3,6H2,1H3. The molecule has 0 spiro atoms. The molecule has 1 heterocycles. The van der Waals surface area contributed by atoms with E-state index in [1.807, 2.05) is 16.8 Å². The minimum atomic E-state index is -0.595. The van der Waals surface area contributed by atoms with Crippen molar-refractivity contribution in [2.24, 2.45) is 0 Å². The summed E-state index contributed by atoms with van der Waals surface area (Å²) in [5.41, 5.74) is 1.21. The predicted molar refractivity (Wildman–Crippen MR) is 55.3 cm³/mol. The molecule has 1 aromatic heterocycles. The predicted octanol–water partition coefficient (Wildman–Crippen LogP) is 1.60. The molecule has 0 fully saturated rings. The van der Waals surface area contributed by atoms with E-state index < -0.39 is 6.10 Å². The van der Waals surface area contributed by atoms with Crippen LogP contribution in [0.25, 0.3) is 0 Å². The van der Waals surface area contributed by atoms with E-state index in [-0.39, 0.29) is 12.4 Å². The second-order valence-electron chi connectivity index (χ2n) is 3.10. The molecule has 0 saturated carbocycles. The average molecular weight is 214 g/mol. The fraction of sp³-hybridized carbons (Fsp3) is 0.500. The third kappa shape index (κ3) is 3.89. The highest BCUT2D eigenvalue weighted by atomic mass is 32.1. The highest BCUT2D eigenvalue weighted by Crippen LogP contribution is 2.11. The first-order valence-electron chi connectivity index (χ1n) is 4.48. The second kappa shape index (κ2) is 5.78. The third-order valence-electron chi connectivity index (χ3n) is 1.98. The van der Waals surface area contributed by atoms with Crippen molar-refractivity contribution in [2.45, 2.75) is 25.4 Å². The molecule has 3 nitrogen and oxygen atoms in total. The van der Waals surface area contributed by atoms with Crippen LogP contribution in [0.15, 0.2) is 16.8 Å². The minimum absolute atomic E-state index is 0.0840. The zero-order chi connectivity index (χ0) is 10.4. The summed E-state index contributed by atoms with van der Waals surface area (Å²) in [4.78, 5) is 10.8. The van der Waals surface area contributed by atoms with Crippen molar-refractivity contribution in [1.29, 1.82) is 0 Å². The van der Waals surface area contributed by atoms with Gasteiger partial charge in [-0.05, 0) is 35.2 Å². The lowest BCUT2D eigenvalue weighted by atomic mass is 10.1. The maximum Gasteiger partial charge on any atom is 0.308 e. The number of aliphatic hydroxyl groups excluding tert-OH is 1. The fourth-order valence-electron chi connectivity index (χ4n) is 1.15. The van der Waals surface area contributed by atoms with E-state index in [4.69, 9.17) is 0 Å². The molecule has 1 rings (SSSR count). The molecule has 0 saturated heterocycles. The number of aliphatic hydroxyl groups is 1. The number of hydrogen-bond acceptors (Lipinski definition) is 4. The van der Waals surface area contributed by atoms with Gasteiger partial charge in [-0.15, -0.1) is 0 Å². The van der Waals surface area contributed by atoms with Crippen molar-refractivity contribution in [1.82, 2.24) is 0 Å². The Labute approximate surface area is 87.3 Å². The Bertz CT molecular complexity index is 269. The number of thiophene rings is 1. The van der Waals surface area contributed by atoms with Gasteiger partial charge in [-0.3, -0.25) is 4.79 Å². The number of aryl methyl sites for hydroxylation is 1. The molecule has 0 aromatic carbocycles. The van der Waals surface area contributed by atoms with Gasteiger partial charge >= 0.3 is 5.97 Å². The molecule has 0 radical (unpaired) electrons. The van der Waals surface area contributed by atoms with E-state index in [2.05, 4.69) is 4.74 Å². The lowest BCUT2D eigenvalue weighted by molar-refractivity contribution is -0.142. The molecule has 78 valence electrons. The monoisotopic (exact) mass is 214 g/mol. The van der Waals surface area contributed by atoms with Crippen LogP contribution in [0.5, 0.6) is 0 Å². The van der Waals surface area contributed by atoms with Crippen molar-refractivity contribution >= 4 is 17.3 Å². The maximum atomic E-state index is 10.8. The Hall–Kier alpha value is -0.870. The average Bonchev–Trinajstić information content (AvgIpc) is 2.67. The lowest BCUT2D eigenvalue weighted by Crippen LogP contribution is -2.15. The molecule has 0 amide bonds. The van der Waals surface area contributed by atoms with Crippen LogP contribution in [0.3, 0.4) is 0 Å². The Balaban J connectivity index is 2.21. The number of rotatable bonds is 5. The van der Waals surface area contributed by atoms with Gasteiger partial charge in [-0.1, -0.05) is 0 Å². The maximum absolute atomic E-state index is 10.8. The van der Waals surface area contributed by atoms with E-state index in [0.29, 0.717) is 6.42 Å². The first kappa shape index (κ1) is 11.2. The van der Waals surface area contributed by atoms with Gasteiger partial charge in [0.15, 0.2) is 0 Å². The third-order valence-corrected chi connectivity index (χ3v) is 2.71. The summed E-state index contributed by atoms with van der Waals surface area (Å²) in [6.45, 7) is 0. The SMILES string of the molecule is COC(=O)CC(O)CCc1ccsc1. The molecule has 1 N–H and O–H groups in total. The van der Waals surface area contributed by atoms with Crippen LogP contribution in [0, 0.1) is 0 Å². The van der Waals surface area contributed by atoms with Crippen LogP contribution in [0.1, 0.15) is 18.4 Å². The summed E-state index contributed by atoms with van der Waals surface area (Å²) in [5.74, 6) is -0.359. The molecular formula is C10H14O3S. The van der Waals surface area contributed by atoms with Gasteiger partial charge < -0.3 is 9.84 Å².